The van der Waals surface area contributed by atoms with Crippen molar-refractivity contribution in [3.8, 4) is 11.5 Å². The van der Waals surface area contributed by atoms with Crippen LogP contribution in [0.25, 0.3) is 0 Å². The molecule has 0 aromatic heterocycles. The third kappa shape index (κ3) is 5.41. The number of halogens is 3. The van der Waals surface area contributed by atoms with E-state index in [2.05, 4.69) is 5.32 Å². The predicted octanol–water partition coefficient (Wildman–Crippen LogP) is 3.97. The number of hydrogen-bond acceptors (Lipinski definition) is 3. The van der Waals surface area contributed by atoms with E-state index in [0.717, 1.165) is 12.1 Å². The first-order valence-corrected chi connectivity index (χ1v) is 7.53. The molecule has 0 aliphatic rings. The third-order valence-corrected chi connectivity index (χ3v) is 3.50. The van der Waals surface area contributed by atoms with Crippen molar-refractivity contribution in [1.29, 1.82) is 0 Å². The molecule has 4 nitrogen and oxygen atoms in total. The average Bonchev–Trinajstić information content (AvgIpc) is 2.59. The summed E-state index contributed by atoms with van der Waals surface area (Å²) in [6.07, 6.45) is -4.42. The standard InChI is InChI=1S/C18H18F3NO3/c1-12(13-5-3-6-14(9-13)18(19,20)21)22-17(23)11-25-16-8-4-7-15(10-16)24-2/h3-10,12H,11H2,1-2H3,(H,22,23). The first kappa shape index (κ1) is 18.6. The molecule has 0 spiro atoms. The molecule has 0 radical (unpaired) electrons. The van der Waals surface area contributed by atoms with Crippen molar-refractivity contribution in [3.05, 3.63) is 59.7 Å². The highest BCUT2D eigenvalue weighted by Crippen LogP contribution is 2.30. The Morgan fingerprint density at radius 3 is 2.48 bits per heavy atom. The molecule has 0 heterocycles. The Morgan fingerprint density at radius 2 is 1.80 bits per heavy atom. The van der Waals surface area contributed by atoms with Gasteiger partial charge in [-0.3, -0.25) is 4.79 Å². The molecule has 2 rings (SSSR count). The van der Waals surface area contributed by atoms with Gasteiger partial charge in [0.1, 0.15) is 11.5 Å². The van der Waals surface area contributed by atoms with Crippen LogP contribution in [0.4, 0.5) is 13.2 Å². The Hall–Kier alpha value is -2.70. The van der Waals surface area contributed by atoms with Crippen molar-refractivity contribution in [2.75, 3.05) is 13.7 Å². The number of alkyl halides is 3. The smallest absolute Gasteiger partial charge is 0.416 e. The molecule has 1 unspecified atom stereocenters. The Kier molecular flexibility index (Phi) is 5.90. The first-order valence-electron chi connectivity index (χ1n) is 7.53. The number of methoxy groups -OCH3 is 1. The molecule has 1 amide bonds. The number of hydrogen-bond donors (Lipinski definition) is 1. The van der Waals surface area contributed by atoms with Crippen molar-refractivity contribution < 1.29 is 27.4 Å². The summed E-state index contributed by atoms with van der Waals surface area (Å²) in [7, 11) is 1.52. The fraction of sp³-hybridized carbons (Fsp3) is 0.278. The van der Waals surface area contributed by atoms with Crippen LogP contribution in [-0.4, -0.2) is 19.6 Å². The minimum atomic E-state index is -4.42. The fourth-order valence-electron chi connectivity index (χ4n) is 2.19. The maximum Gasteiger partial charge on any atom is 0.416 e. The van der Waals surface area contributed by atoms with Crippen LogP contribution in [0.2, 0.25) is 0 Å². The quantitative estimate of drug-likeness (QED) is 0.855. The maximum atomic E-state index is 12.7. The number of ether oxygens (including phenoxy) is 2. The summed E-state index contributed by atoms with van der Waals surface area (Å²) >= 11 is 0. The zero-order valence-electron chi connectivity index (χ0n) is 13.8. The molecular weight excluding hydrogens is 335 g/mol. The van der Waals surface area contributed by atoms with E-state index in [0.29, 0.717) is 17.1 Å². The Bertz CT molecular complexity index is 732. The molecule has 134 valence electrons. The van der Waals surface area contributed by atoms with Crippen LogP contribution in [0.3, 0.4) is 0 Å². The van der Waals surface area contributed by atoms with Gasteiger partial charge < -0.3 is 14.8 Å². The Labute approximate surface area is 143 Å². The molecule has 0 saturated heterocycles. The van der Waals surface area contributed by atoms with Gasteiger partial charge in [0, 0.05) is 6.07 Å². The molecule has 2 aromatic rings. The lowest BCUT2D eigenvalue weighted by Crippen LogP contribution is -2.31. The number of carbonyl (C=O) groups is 1. The second-order valence-corrected chi connectivity index (χ2v) is 5.38. The minimum absolute atomic E-state index is 0.254. The highest BCUT2D eigenvalue weighted by molar-refractivity contribution is 5.78. The van der Waals surface area contributed by atoms with Gasteiger partial charge in [-0.2, -0.15) is 13.2 Å². The highest BCUT2D eigenvalue weighted by Gasteiger charge is 2.30. The minimum Gasteiger partial charge on any atom is -0.497 e. The molecule has 1 N–H and O–H groups in total. The van der Waals surface area contributed by atoms with E-state index in [4.69, 9.17) is 9.47 Å². The summed E-state index contributed by atoms with van der Waals surface area (Å²) in [4.78, 5) is 11.9. The SMILES string of the molecule is COc1cccc(OCC(=O)NC(C)c2cccc(C(F)(F)F)c2)c1. The number of benzene rings is 2. The van der Waals surface area contributed by atoms with Crippen LogP contribution in [0.15, 0.2) is 48.5 Å². The Morgan fingerprint density at radius 1 is 1.12 bits per heavy atom. The summed E-state index contributed by atoms with van der Waals surface area (Å²) < 4.78 is 48.6. The molecule has 0 aliphatic carbocycles. The van der Waals surface area contributed by atoms with E-state index < -0.39 is 23.7 Å². The number of amides is 1. The molecule has 0 fully saturated rings. The lowest BCUT2D eigenvalue weighted by atomic mass is 10.0. The topological polar surface area (TPSA) is 47.6 Å². The van der Waals surface area contributed by atoms with Crippen LogP contribution >= 0.6 is 0 Å². The average molecular weight is 353 g/mol. The van der Waals surface area contributed by atoms with Crippen molar-refractivity contribution in [2.45, 2.75) is 19.1 Å². The largest absolute Gasteiger partial charge is 0.497 e. The third-order valence-electron chi connectivity index (χ3n) is 3.50. The predicted molar refractivity (Wildman–Crippen MR) is 86.5 cm³/mol. The second-order valence-electron chi connectivity index (χ2n) is 5.38. The van der Waals surface area contributed by atoms with Gasteiger partial charge in [0.2, 0.25) is 0 Å². The molecule has 1 atom stereocenters. The summed E-state index contributed by atoms with van der Waals surface area (Å²) in [5.41, 5.74) is -0.386. The van der Waals surface area contributed by atoms with Gasteiger partial charge in [0.25, 0.3) is 5.91 Å². The lowest BCUT2D eigenvalue weighted by molar-refractivity contribution is -0.137. The second kappa shape index (κ2) is 7.92. The lowest BCUT2D eigenvalue weighted by Gasteiger charge is -2.16. The number of rotatable bonds is 6. The maximum absolute atomic E-state index is 12.7. The van der Waals surface area contributed by atoms with Crippen molar-refractivity contribution in [1.82, 2.24) is 5.32 Å². The fourth-order valence-corrected chi connectivity index (χ4v) is 2.19. The summed E-state index contributed by atoms with van der Waals surface area (Å²) in [6, 6.07) is 11.0. The van der Waals surface area contributed by atoms with Crippen LogP contribution in [0.1, 0.15) is 24.1 Å². The van der Waals surface area contributed by atoms with E-state index >= 15 is 0 Å². The van der Waals surface area contributed by atoms with Crippen molar-refractivity contribution in [3.63, 3.8) is 0 Å². The van der Waals surface area contributed by atoms with Gasteiger partial charge in [0.05, 0.1) is 18.7 Å². The summed E-state index contributed by atoms with van der Waals surface area (Å²) in [5, 5.41) is 2.61. The normalized spacial score (nSPS) is 12.4. The number of carbonyl (C=O) groups excluding carboxylic acids is 1. The van der Waals surface area contributed by atoms with E-state index in [-0.39, 0.29) is 6.61 Å². The summed E-state index contributed by atoms with van der Waals surface area (Å²) in [6.45, 7) is 1.36. The molecular formula is C18H18F3NO3. The van der Waals surface area contributed by atoms with Crippen LogP contribution < -0.4 is 14.8 Å². The van der Waals surface area contributed by atoms with E-state index in [1.807, 2.05) is 0 Å². The van der Waals surface area contributed by atoms with E-state index in [1.54, 1.807) is 31.2 Å². The van der Waals surface area contributed by atoms with E-state index in [9.17, 15) is 18.0 Å². The van der Waals surface area contributed by atoms with Gasteiger partial charge >= 0.3 is 6.18 Å². The number of nitrogens with one attached hydrogen (secondary N) is 1. The molecule has 25 heavy (non-hydrogen) atoms. The zero-order valence-corrected chi connectivity index (χ0v) is 13.8. The van der Waals surface area contributed by atoms with Crippen LogP contribution in [0, 0.1) is 0 Å². The molecule has 0 aliphatic heterocycles. The molecule has 7 heteroatoms. The summed E-state index contributed by atoms with van der Waals surface area (Å²) in [5.74, 6) is 0.615. The molecule has 2 aromatic carbocycles. The van der Waals surface area contributed by atoms with Gasteiger partial charge in [-0.15, -0.1) is 0 Å². The van der Waals surface area contributed by atoms with Crippen LogP contribution in [0.5, 0.6) is 11.5 Å². The van der Waals surface area contributed by atoms with Crippen LogP contribution in [-0.2, 0) is 11.0 Å². The highest BCUT2D eigenvalue weighted by atomic mass is 19.4. The van der Waals surface area contributed by atoms with Gasteiger partial charge in [-0.25, -0.2) is 0 Å². The van der Waals surface area contributed by atoms with E-state index in [1.165, 1.54) is 19.2 Å². The van der Waals surface area contributed by atoms with Gasteiger partial charge in [0.15, 0.2) is 6.61 Å². The van der Waals surface area contributed by atoms with Crippen molar-refractivity contribution in [2.24, 2.45) is 0 Å². The van der Waals surface area contributed by atoms with Gasteiger partial charge in [-0.05, 0) is 36.8 Å². The zero-order chi connectivity index (χ0) is 18.4. The first-order chi connectivity index (χ1) is 11.8. The Balaban J connectivity index is 1.93. The molecule has 0 saturated carbocycles. The molecule has 0 bridgehead atoms. The monoisotopic (exact) mass is 353 g/mol. The van der Waals surface area contributed by atoms with Crippen molar-refractivity contribution >= 4 is 5.91 Å². The van der Waals surface area contributed by atoms with Gasteiger partial charge in [-0.1, -0.05) is 18.2 Å².